The first kappa shape index (κ1) is 23.1. The van der Waals surface area contributed by atoms with E-state index in [1.54, 1.807) is 6.07 Å². The maximum Gasteiger partial charge on any atom is 0.252 e. The standard InChI is InChI=1S/C24H29BrN2O4/c1-14(2)11-20(27-23(28)17-8-6-5-7-15(17)3)24(29)26-16(4)18-12-21-22(13-19(18)25)31-10-9-30-21/h5-8,12-14,16,20H,9-11H2,1-4H3,(H,26,29)(H,27,28). The molecule has 6 nitrogen and oxygen atoms in total. The van der Waals surface area contributed by atoms with Crippen molar-refractivity contribution >= 4 is 27.7 Å². The smallest absolute Gasteiger partial charge is 0.252 e. The van der Waals surface area contributed by atoms with Crippen molar-refractivity contribution in [3.05, 3.63) is 57.6 Å². The quantitative estimate of drug-likeness (QED) is 0.599. The minimum atomic E-state index is -0.634. The second kappa shape index (κ2) is 10.2. The molecule has 0 saturated heterocycles. The Balaban J connectivity index is 1.74. The van der Waals surface area contributed by atoms with E-state index in [4.69, 9.17) is 9.47 Å². The highest BCUT2D eigenvalue weighted by Gasteiger charge is 2.26. The Morgan fingerprint density at radius 3 is 2.32 bits per heavy atom. The van der Waals surface area contributed by atoms with Gasteiger partial charge in [-0.2, -0.15) is 0 Å². The van der Waals surface area contributed by atoms with Gasteiger partial charge in [-0.3, -0.25) is 9.59 Å². The van der Waals surface area contributed by atoms with Crippen molar-refractivity contribution in [1.82, 2.24) is 10.6 Å². The summed E-state index contributed by atoms with van der Waals surface area (Å²) >= 11 is 3.57. The number of hydrogen-bond acceptors (Lipinski definition) is 4. The van der Waals surface area contributed by atoms with Gasteiger partial charge < -0.3 is 20.1 Å². The Morgan fingerprint density at radius 1 is 1.03 bits per heavy atom. The normalized spacial score (nSPS) is 14.6. The molecule has 1 heterocycles. The highest BCUT2D eigenvalue weighted by Crippen LogP contribution is 2.37. The predicted octanol–water partition coefficient (Wildman–Crippen LogP) is 4.55. The lowest BCUT2D eigenvalue weighted by Gasteiger charge is -2.25. The fraction of sp³-hybridized carbons (Fsp3) is 0.417. The van der Waals surface area contributed by atoms with Crippen LogP contribution in [0.15, 0.2) is 40.9 Å². The third-order valence-electron chi connectivity index (χ3n) is 5.21. The molecular weight excluding hydrogens is 460 g/mol. The van der Waals surface area contributed by atoms with Crippen molar-refractivity contribution in [2.24, 2.45) is 5.92 Å². The molecule has 2 N–H and O–H groups in total. The SMILES string of the molecule is Cc1ccccc1C(=O)NC(CC(C)C)C(=O)NC(C)c1cc2c(cc1Br)OCCO2. The highest BCUT2D eigenvalue weighted by molar-refractivity contribution is 9.10. The molecule has 2 aromatic rings. The molecule has 2 amide bonds. The molecule has 0 spiro atoms. The molecule has 1 aliphatic heterocycles. The molecule has 166 valence electrons. The van der Waals surface area contributed by atoms with E-state index in [1.807, 2.05) is 58.0 Å². The minimum Gasteiger partial charge on any atom is -0.486 e. The fourth-order valence-corrected chi connectivity index (χ4v) is 4.24. The lowest BCUT2D eigenvalue weighted by atomic mass is 10.0. The zero-order chi connectivity index (χ0) is 22.5. The van der Waals surface area contributed by atoms with E-state index in [9.17, 15) is 9.59 Å². The summed E-state index contributed by atoms with van der Waals surface area (Å²) in [5.41, 5.74) is 2.33. The number of hydrogen-bond donors (Lipinski definition) is 2. The van der Waals surface area contributed by atoms with Crippen molar-refractivity contribution in [3.63, 3.8) is 0 Å². The zero-order valence-electron chi connectivity index (χ0n) is 18.3. The third kappa shape index (κ3) is 5.79. The molecular formula is C24H29BrN2O4. The van der Waals surface area contributed by atoms with Crippen LogP contribution in [0.25, 0.3) is 0 Å². The summed E-state index contributed by atoms with van der Waals surface area (Å²) in [4.78, 5) is 25.9. The van der Waals surface area contributed by atoms with Crippen LogP contribution < -0.4 is 20.1 Å². The van der Waals surface area contributed by atoms with Crippen LogP contribution in [0.5, 0.6) is 11.5 Å². The van der Waals surface area contributed by atoms with Gasteiger partial charge in [0.1, 0.15) is 19.3 Å². The minimum absolute atomic E-state index is 0.218. The molecule has 0 bridgehead atoms. The van der Waals surface area contributed by atoms with Crippen LogP contribution in [0.2, 0.25) is 0 Å². The molecule has 3 rings (SSSR count). The molecule has 0 radical (unpaired) electrons. The molecule has 0 aromatic heterocycles. The monoisotopic (exact) mass is 488 g/mol. The number of rotatable bonds is 7. The van der Waals surface area contributed by atoms with E-state index in [-0.39, 0.29) is 23.8 Å². The van der Waals surface area contributed by atoms with E-state index in [2.05, 4.69) is 26.6 Å². The lowest BCUT2D eigenvalue weighted by molar-refractivity contribution is -0.124. The number of fused-ring (bicyclic) bond motifs is 1. The molecule has 2 unspecified atom stereocenters. The van der Waals surface area contributed by atoms with Crippen LogP contribution in [0, 0.1) is 12.8 Å². The largest absolute Gasteiger partial charge is 0.486 e. The van der Waals surface area contributed by atoms with Crippen molar-refractivity contribution in [2.45, 2.75) is 46.2 Å². The van der Waals surface area contributed by atoms with Crippen molar-refractivity contribution < 1.29 is 19.1 Å². The molecule has 31 heavy (non-hydrogen) atoms. The topological polar surface area (TPSA) is 76.7 Å². The van der Waals surface area contributed by atoms with Gasteiger partial charge in [0.25, 0.3) is 5.91 Å². The number of benzene rings is 2. The van der Waals surface area contributed by atoms with E-state index in [1.165, 1.54) is 0 Å². The van der Waals surface area contributed by atoms with Gasteiger partial charge in [-0.25, -0.2) is 0 Å². The maximum atomic E-state index is 13.1. The Hall–Kier alpha value is -2.54. The first-order chi connectivity index (χ1) is 14.8. The van der Waals surface area contributed by atoms with Crippen LogP contribution in [-0.2, 0) is 4.79 Å². The number of carbonyl (C=O) groups is 2. The number of nitrogens with one attached hydrogen (secondary N) is 2. The van der Waals surface area contributed by atoms with E-state index >= 15 is 0 Å². The van der Waals surface area contributed by atoms with Gasteiger partial charge in [-0.1, -0.05) is 48.0 Å². The van der Waals surface area contributed by atoms with Crippen LogP contribution in [-0.4, -0.2) is 31.1 Å². The van der Waals surface area contributed by atoms with Crippen LogP contribution in [0.4, 0.5) is 0 Å². The van der Waals surface area contributed by atoms with Gasteiger partial charge in [-0.05, 0) is 55.5 Å². The average molecular weight is 489 g/mol. The summed E-state index contributed by atoms with van der Waals surface area (Å²) in [7, 11) is 0. The lowest BCUT2D eigenvalue weighted by Crippen LogP contribution is -2.48. The molecule has 1 aliphatic rings. The number of carbonyl (C=O) groups excluding carboxylic acids is 2. The van der Waals surface area contributed by atoms with E-state index < -0.39 is 6.04 Å². The van der Waals surface area contributed by atoms with Gasteiger partial charge in [0.05, 0.1) is 6.04 Å². The van der Waals surface area contributed by atoms with Gasteiger partial charge >= 0.3 is 0 Å². The van der Waals surface area contributed by atoms with Crippen molar-refractivity contribution in [2.75, 3.05) is 13.2 Å². The van der Waals surface area contributed by atoms with Crippen LogP contribution >= 0.6 is 15.9 Å². The Kier molecular flexibility index (Phi) is 7.59. The van der Waals surface area contributed by atoms with Crippen LogP contribution in [0.1, 0.15) is 54.7 Å². The van der Waals surface area contributed by atoms with E-state index in [0.29, 0.717) is 36.7 Å². The van der Waals surface area contributed by atoms with Gasteiger partial charge in [0.2, 0.25) is 5.91 Å². The summed E-state index contributed by atoms with van der Waals surface area (Å²) in [6, 6.07) is 10.2. The third-order valence-corrected chi connectivity index (χ3v) is 5.89. The summed E-state index contributed by atoms with van der Waals surface area (Å²) < 4.78 is 12.1. The fourth-order valence-electron chi connectivity index (χ4n) is 3.57. The van der Waals surface area contributed by atoms with Crippen molar-refractivity contribution in [3.8, 4) is 11.5 Å². The second-order valence-corrected chi connectivity index (χ2v) is 9.07. The molecule has 2 atom stereocenters. The second-order valence-electron chi connectivity index (χ2n) is 8.22. The first-order valence-corrected chi connectivity index (χ1v) is 11.3. The average Bonchev–Trinajstić information content (AvgIpc) is 2.72. The van der Waals surface area contributed by atoms with Crippen LogP contribution in [0.3, 0.4) is 0 Å². The number of halogens is 1. The molecule has 0 saturated carbocycles. The van der Waals surface area contributed by atoms with E-state index in [0.717, 1.165) is 15.6 Å². The van der Waals surface area contributed by atoms with Gasteiger partial charge in [-0.15, -0.1) is 0 Å². The number of aryl methyl sites for hydroxylation is 1. The summed E-state index contributed by atoms with van der Waals surface area (Å²) in [6.45, 7) is 8.86. The summed E-state index contributed by atoms with van der Waals surface area (Å²) in [5, 5.41) is 5.96. The molecule has 7 heteroatoms. The number of ether oxygens (including phenoxy) is 2. The Bertz CT molecular complexity index is 961. The summed E-state index contributed by atoms with van der Waals surface area (Å²) in [6.07, 6.45) is 0.540. The van der Waals surface area contributed by atoms with Gasteiger partial charge in [0.15, 0.2) is 11.5 Å². The maximum absolute atomic E-state index is 13.1. The zero-order valence-corrected chi connectivity index (χ0v) is 19.9. The predicted molar refractivity (Wildman–Crippen MR) is 124 cm³/mol. The Labute approximate surface area is 191 Å². The van der Waals surface area contributed by atoms with Crippen molar-refractivity contribution in [1.29, 1.82) is 0 Å². The van der Waals surface area contributed by atoms with Gasteiger partial charge in [0, 0.05) is 10.0 Å². The molecule has 0 aliphatic carbocycles. The number of amides is 2. The highest BCUT2D eigenvalue weighted by atomic mass is 79.9. The molecule has 0 fully saturated rings. The first-order valence-electron chi connectivity index (χ1n) is 10.5. The Morgan fingerprint density at radius 2 is 1.68 bits per heavy atom. The molecule has 2 aromatic carbocycles. The summed E-state index contributed by atoms with van der Waals surface area (Å²) in [5.74, 6) is 1.13.